The Labute approximate surface area is 115 Å². The van der Waals surface area contributed by atoms with Gasteiger partial charge in [-0.3, -0.25) is 0 Å². The Morgan fingerprint density at radius 3 is 2.32 bits per heavy atom. The molecule has 0 atom stereocenters. The van der Waals surface area contributed by atoms with Gasteiger partial charge in [0.2, 0.25) is 0 Å². The molecular formula is C13H27NO5. The topological polar surface area (TPSA) is 69.2 Å². The first kappa shape index (κ1) is 16.8. The molecule has 0 aromatic rings. The van der Waals surface area contributed by atoms with Crippen molar-refractivity contribution >= 4 is 0 Å². The smallest absolute Gasteiger partial charge is 0.0701 e. The Bertz CT molecular complexity index is 209. The van der Waals surface area contributed by atoms with Crippen LogP contribution in [0.2, 0.25) is 0 Å². The van der Waals surface area contributed by atoms with Crippen LogP contribution in [0.1, 0.15) is 12.8 Å². The number of ether oxygens (including phenoxy) is 4. The van der Waals surface area contributed by atoms with Crippen molar-refractivity contribution in [1.29, 1.82) is 0 Å². The van der Waals surface area contributed by atoms with Crippen molar-refractivity contribution in [1.82, 2.24) is 5.32 Å². The average Bonchev–Trinajstić information content (AvgIpc) is 2.46. The van der Waals surface area contributed by atoms with Crippen molar-refractivity contribution in [3.63, 3.8) is 0 Å². The van der Waals surface area contributed by atoms with E-state index in [-0.39, 0.29) is 12.1 Å². The van der Waals surface area contributed by atoms with Crippen LogP contribution >= 0.6 is 0 Å². The van der Waals surface area contributed by atoms with Gasteiger partial charge in [0.15, 0.2) is 0 Å². The highest BCUT2D eigenvalue weighted by atomic mass is 16.5. The highest BCUT2D eigenvalue weighted by molar-refractivity contribution is 4.89. The maximum absolute atomic E-state index is 9.47. The van der Waals surface area contributed by atoms with E-state index in [4.69, 9.17) is 18.9 Å². The number of hydrogen-bond acceptors (Lipinski definition) is 6. The molecule has 0 radical (unpaired) electrons. The summed E-state index contributed by atoms with van der Waals surface area (Å²) < 4.78 is 20.9. The van der Waals surface area contributed by atoms with Gasteiger partial charge in [0.1, 0.15) is 0 Å². The molecule has 0 aromatic carbocycles. The fourth-order valence-electron chi connectivity index (χ4n) is 2.01. The zero-order chi connectivity index (χ0) is 13.8. The van der Waals surface area contributed by atoms with E-state index in [1.54, 1.807) is 7.11 Å². The molecule has 0 amide bonds. The SMILES string of the molecule is COCCOCCOCCNC1(CO)CCOCC1. The lowest BCUT2D eigenvalue weighted by molar-refractivity contribution is 0.00220. The van der Waals surface area contributed by atoms with Crippen LogP contribution in [0.5, 0.6) is 0 Å². The van der Waals surface area contributed by atoms with Crippen molar-refractivity contribution in [2.75, 3.05) is 66.5 Å². The first-order valence-electron chi connectivity index (χ1n) is 6.91. The van der Waals surface area contributed by atoms with Gasteiger partial charge in [-0.05, 0) is 12.8 Å². The number of hydrogen-bond donors (Lipinski definition) is 2. The van der Waals surface area contributed by atoms with Crippen LogP contribution in [0.15, 0.2) is 0 Å². The summed E-state index contributed by atoms with van der Waals surface area (Å²) in [5.41, 5.74) is -0.184. The second-order valence-electron chi connectivity index (χ2n) is 4.70. The molecule has 19 heavy (non-hydrogen) atoms. The minimum absolute atomic E-state index is 0.149. The summed E-state index contributed by atoms with van der Waals surface area (Å²) in [6.07, 6.45) is 1.70. The van der Waals surface area contributed by atoms with Gasteiger partial charge < -0.3 is 29.4 Å². The van der Waals surface area contributed by atoms with E-state index >= 15 is 0 Å². The van der Waals surface area contributed by atoms with Gasteiger partial charge in [-0.1, -0.05) is 0 Å². The van der Waals surface area contributed by atoms with Crippen LogP contribution in [0.25, 0.3) is 0 Å². The molecule has 0 bridgehead atoms. The second-order valence-corrected chi connectivity index (χ2v) is 4.70. The molecule has 0 saturated carbocycles. The number of rotatable bonds is 11. The van der Waals surface area contributed by atoms with E-state index in [1.165, 1.54) is 0 Å². The molecule has 0 unspecified atom stereocenters. The lowest BCUT2D eigenvalue weighted by Gasteiger charge is -2.36. The number of aliphatic hydroxyl groups excluding tert-OH is 1. The van der Waals surface area contributed by atoms with E-state index in [1.807, 2.05) is 0 Å². The third-order valence-corrected chi connectivity index (χ3v) is 3.30. The number of nitrogens with one attached hydrogen (secondary N) is 1. The summed E-state index contributed by atoms with van der Waals surface area (Å²) in [6.45, 7) is 5.31. The van der Waals surface area contributed by atoms with Crippen molar-refractivity contribution in [2.24, 2.45) is 0 Å². The lowest BCUT2D eigenvalue weighted by atomic mass is 9.91. The summed E-state index contributed by atoms with van der Waals surface area (Å²) in [5, 5.41) is 12.9. The van der Waals surface area contributed by atoms with Gasteiger partial charge in [-0.25, -0.2) is 0 Å². The van der Waals surface area contributed by atoms with E-state index in [2.05, 4.69) is 5.32 Å². The summed E-state index contributed by atoms with van der Waals surface area (Å²) >= 11 is 0. The third kappa shape index (κ3) is 7.20. The Balaban J connectivity index is 1.94. The van der Waals surface area contributed by atoms with Crippen molar-refractivity contribution in [3.8, 4) is 0 Å². The molecule has 0 aliphatic carbocycles. The van der Waals surface area contributed by atoms with Crippen LogP contribution in [-0.4, -0.2) is 77.2 Å². The average molecular weight is 277 g/mol. The van der Waals surface area contributed by atoms with Crippen LogP contribution in [0, 0.1) is 0 Å². The molecule has 0 aromatic heterocycles. The predicted octanol–water partition coefficient (Wildman–Crippen LogP) is -0.203. The van der Waals surface area contributed by atoms with Gasteiger partial charge in [-0.15, -0.1) is 0 Å². The molecule has 1 aliphatic rings. The summed E-state index contributed by atoms with van der Waals surface area (Å²) in [7, 11) is 1.65. The van der Waals surface area contributed by atoms with Crippen LogP contribution in [-0.2, 0) is 18.9 Å². The van der Waals surface area contributed by atoms with E-state index in [0.29, 0.717) is 46.2 Å². The van der Waals surface area contributed by atoms with Crippen LogP contribution in [0.3, 0.4) is 0 Å². The number of methoxy groups -OCH3 is 1. The van der Waals surface area contributed by atoms with Gasteiger partial charge >= 0.3 is 0 Å². The van der Waals surface area contributed by atoms with Crippen molar-refractivity contribution < 1.29 is 24.1 Å². The molecule has 6 heteroatoms. The van der Waals surface area contributed by atoms with Gasteiger partial charge in [0.25, 0.3) is 0 Å². The zero-order valence-corrected chi connectivity index (χ0v) is 11.9. The monoisotopic (exact) mass is 277 g/mol. The van der Waals surface area contributed by atoms with Gasteiger partial charge in [-0.2, -0.15) is 0 Å². The maximum atomic E-state index is 9.47. The Morgan fingerprint density at radius 2 is 1.68 bits per heavy atom. The molecule has 2 N–H and O–H groups in total. The highest BCUT2D eigenvalue weighted by Gasteiger charge is 2.30. The quantitative estimate of drug-likeness (QED) is 0.510. The van der Waals surface area contributed by atoms with Gasteiger partial charge in [0, 0.05) is 32.4 Å². The molecule has 1 fully saturated rings. The largest absolute Gasteiger partial charge is 0.394 e. The van der Waals surface area contributed by atoms with Crippen molar-refractivity contribution in [2.45, 2.75) is 18.4 Å². The molecule has 1 saturated heterocycles. The molecular weight excluding hydrogens is 250 g/mol. The first-order chi connectivity index (χ1) is 9.33. The van der Waals surface area contributed by atoms with E-state index in [9.17, 15) is 5.11 Å². The fourth-order valence-corrected chi connectivity index (χ4v) is 2.01. The summed E-state index contributed by atoms with van der Waals surface area (Å²) in [5.74, 6) is 0. The van der Waals surface area contributed by atoms with Crippen LogP contribution < -0.4 is 5.32 Å². The zero-order valence-electron chi connectivity index (χ0n) is 11.9. The molecule has 1 heterocycles. The first-order valence-corrected chi connectivity index (χ1v) is 6.91. The summed E-state index contributed by atoms with van der Waals surface area (Å²) in [4.78, 5) is 0. The van der Waals surface area contributed by atoms with Crippen molar-refractivity contribution in [3.05, 3.63) is 0 Å². The predicted molar refractivity (Wildman–Crippen MR) is 71.4 cm³/mol. The second kappa shape index (κ2) is 10.5. The van der Waals surface area contributed by atoms with E-state index < -0.39 is 0 Å². The minimum atomic E-state index is -0.184. The summed E-state index contributed by atoms with van der Waals surface area (Å²) in [6, 6.07) is 0. The Kier molecular flexibility index (Phi) is 9.32. The standard InChI is InChI=1S/C13H27NO5/c1-16-8-9-19-11-10-18-7-4-14-13(12-15)2-5-17-6-3-13/h14-15H,2-12H2,1H3. The highest BCUT2D eigenvalue weighted by Crippen LogP contribution is 2.19. The Hall–Kier alpha value is -0.240. The Morgan fingerprint density at radius 1 is 1.05 bits per heavy atom. The molecule has 0 spiro atoms. The lowest BCUT2D eigenvalue weighted by Crippen LogP contribution is -2.53. The van der Waals surface area contributed by atoms with E-state index in [0.717, 1.165) is 19.4 Å². The fraction of sp³-hybridized carbons (Fsp3) is 1.00. The minimum Gasteiger partial charge on any atom is -0.394 e. The van der Waals surface area contributed by atoms with Crippen LogP contribution in [0.4, 0.5) is 0 Å². The van der Waals surface area contributed by atoms with Gasteiger partial charge in [0.05, 0.1) is 39.6 Å². The normalized spacial score (nSPS) is 18.6. The molecule has 1 rings (SSSR count). The molecule has 114 valence electrons. The molecule has 1 aliphatic heterocycles. The number of aliphatic hydroxyl groups is 1. The molecule has 6 nitrogen and oxygen atoms in total. The third-order valence-electron chi connectivity index (χ3n) is 3.30. The maximum Gasteiger partial charge on any atom is 0.0701 e.